The quantitative estimate of drug-likeness (QED) is 0.119. The van der Waals surface area contributed by atoms with Crippen molar-refractivity contribution >= 4 is 61.3 Å². The van der Waals surface area contributed by atoms with Gasteiger partial charge in [-0.2, -0.15) is 18.2 Å². The Hall–Kier alpha value is -5.42. The molecule has 18 heteroatoms. The second kappa shape index (κ2) is 16.4. The molecule has 62 heavy (non-hydrogen) atoms. The fraction of sp³-hybridized carbons (Fsp3) is 0.432. The van der Waals surface area contributed by atoms with Crippen LogP contribution in [0.2, 0.25) is 5.15 Å². The first-order chi connectivity index (χ1) is 29.7. The molecule has 3 fully saturated rings. The second-order valence-electron chi connectivity index (χ2n) is 16.7. The van der Waals surface area contributed by atoms with Crippen LogP contribution in [0, 0.1) is 17.3 Å². The summed E-state index contributed by atoms with van der Waals surface area (Å²) in [4.78, 5) is 63.0. The summed E-state index contributed by atoms with van der Waals surface area (Å²) in [5.41, 5.74) is -0.896. The summed E-state index contributed by atoms with van der Waals surface area (Å²) in [5.74, 6) is -2.11. The Labute approximate surface area is 359 Å². The van der Waals surface area contributed by atoms with Crippen molar-refractivity contribution in [1.82, 2.24) is 29.6 Å². The van der Waals surface area contributed by atoms with Crippen LogP contribution in [0.4, 0.5) is 13.2 Å². The number of para-hydroxylation sites is 1. The van der Waals surface area contributed by atoms with E-state index in [1.54, 1.807) is 24.3 Å². The Bertz CT molecular complexity index is 2710. The Morgan fingerprint density at radius 1 is 1.00 bits per heavy atom. The Kier molecular flexibility index (Phi) is 11.1. The number of alkyl halides is 3. The van der Waals surface area contributed by atoms with Gasteiger partial charge in [0.1, 0.15) is 28.2 Å². The molecular weight excluding hydrogens is 849 g/mol. The molecule has 2 aliphatic carbocycles. The van der Waals surface area contributed by atoms with E-state index in [0.717, 1.165) is 25.0 Å². The first-order valence-corrected chi connectivity index (χ1v) is 22.7. The summed E-state index contributed by atoms with van der Waals surface area (Å²) < 4.78 is 81.4. The maximum Gasteiger partial charge on any atom is 0.416 e. The number of ketones is 1. The van der Waals surface area contributed by atoms with Crippen molar-refractivity contribution in [3.63, 3.8) is 0 Å². The number of furan rings is 1. The molecule has 1 N–H and O–H groups in total. The van der Waals surface area contributed by atoms with Crippen molar-refractivity contribution in [2.75, 3.05) is 6.54 Å². The molecule has 3 aromatic heterocycles. The third-order valence-corrected chi connectivity index (χ3v) is 14.4. The number of nitrogens with one attached hydrogen (secondary N) is 1. The van der Waals surface area contributed by atoms with Gasteiger partial charge in [-0.15, -0.1) is 0 Å². The Morgan fingerprint density at radius 3 is 2.55 bits per heavy atom. The normalized spacial score (nSPS) is 25.5. The number of benzene rings is 2. The second-order valence-corrected chi connectivity index (χ2v) is 19.1. The van der Waals surface area contributed by atoms with Crippen LogP contribution in [0.1, 0.15) is 75.6 Å². The van der Waals surface area contributed by atoms with Crippen LogP contribution < -0.4 is 9.46 Å². The van der Waals surface area contributed by atoms with Crippen LogP contribution in [-0.2, 0) is 37.0 Å². The van der Waals surface area contributed by atoms with E-state index in [1.165, 1.54) is 29.3 Å². The van der Waals surface area contributed by atoms with E-state index in [2.05, 4.69) is 24.7 Å². The van der Waals surface area contributed by atoms with Crippen molar-refractivity contribution in [3.05, 3.63) is 89.5 Å². The van der Waals surface area contributed by atoms with Crippen LogP contribution in [0.3, 0.4) is 0 Å². The lowest BCUT2D eigenvalue weighted by molar-refractivity contribution is -0.142. The maximum absolute atomic E-state index is 14.9. The van der Waals surface area contributed by atoms with E-state index < -0.39 is 62.2 Å². The van der Waals surface area contributed by atoms with Crippen LogP contribution in [0.15, 0.2) is 77.4 Å². The molecule has 0 radical (unpaired) electrons. The lowest BCUT2D eigenvalue weighted by Crippen LogP contribution is -2.46. The van der Waals surface area contributed by atoms with Gasteiger partial charge in [-0.25, -0.2) is 23.4 Å². The van der Waals surface area contributed by atoms with Crippen LogP contribution in [0.25, 0.3) is 33.5 Å². The molecule has 1 saturated heterocycles. The van der Waals surface area contributed by atoms with E-state index >= 15 is 0 Å². The summed E-state index contributed by atoms with van der Waals surface area (Å²) in [6, 6.07) is 12.0. The van der Waals surface area contributed by atoms with E-state index in [0.29, 0.717) is 54.4 Å². The summed E-state index contributed by atoms with van der Waals surface area (Å²) in [6.07, 6.45) is 4.52. The van der Waals surface area contributed by atoms with Gasteiger partial charge in [-0.3, -0.25) is 19.1 Å². The van der Waals surface area contributed by atoms with Gasteiger partial charge in [0.05, 0.1) is 28.8 Å². The zero-order chi connectivity index (χ0) is 43.4. The Balaban J connectivity index is 1.07. The van der Waals surface area contributed by atoms with Crippen LogP contribution in [0.5, 0.6) is 5.88 Å². The van der Waals surface area contributed by atoms with Gasteiger partial charge in [0.15, 0.2) is 11.6 Å². The maximum atomic E-state index is 14.9. The van der Waals surface area contributed by atoms with Gasteiger partial charge < -0.3 is 14.1 Å². The molecule has 0 spiro atoms. The summed E-state index contributed by atoms with van der Waals surface area (Å²) in [6.45, 7) is -0.0674. The van der Waals surface area contributed by atoms with Gasteiger partial charge in [0, 0.05) is 42.3 Å². The molecule has 5 atom stereocenters. The van der Waals surface area contributed by atoms with Gasteiger partial charge in [0.25, 0.3) is 5.88 Å². The van der Waals surface area contributed by atoms with Gasteiger partial charge >= 0.3 is 6.18 Å². The molecule has 324 valence electrons. The SMILES string of the molecule is O=C1C[C@]2(C(=O)NS(=O)(=O)C3CC3)C[C@@H]2/C=C\CCCCC[C@H](Cc2nccc(Cl)n2)C(=O)N2C[C@H](Oc3nc(-c4ccc(C(F)(F)F)cc4)nc4c3oc3ccccc34)C[C@@H]12. The molecule has 2 amide bonds. The average Bonchev–Trinajstić information content (AvgIpc) is 4.14. The minimum atomic E-state index is -4.55. The zero-order valence-electron chi connectivity index (χ0n) is 33.3. The average molecular weight is 891 g/mol. The molecular formula is C44H42ClF3N6O7S. The van der Waals surface area contributed by atoms with Crippen LogP contribution in [-0.4, -0.2) is 74.8 Å². The first-order valence-electron chi connectivity index (χ1n) is 20.8. The van der Waals surface area contributed by atoms with Gasteiger partial charge in [0.2, 0.25) is 27.4 Å². The number of nitrogens with zero attached hydrogens (tertiary/aromatic N) is 5. The van der Waals surface area contributed by atoms with Crippen molar-refractivity contribution < 1.29 is 45.1 Å². The molecule has 0 bridgehead atoms. The monoisotopic (exact) mass is 890 g/mol. The smallest absolute Gasteiger partial charge is 0.416 e. The molecule has 0 unspecified atom stereocenters. The highest BCUT2D eigenvalue weighted by Gasteiger charge is 2.61. The fourth-order valence-corrected chi connectivity index (χ4v) is 10.3. The highest BCUT2D eigenvalue weighted by Crippen LogP contribution is 2.57. The molecule has 2 aromatic carbocycles. The van der Waals surface area contributed by atoms with Crippen molar-refractivity contribution in [1.29, 1.82) is 0 Å². The third kappa shape index (κ3) is 8.52. The number of carbonyl (C=O) groups excluding carboxylic acids is 3. The molecule has 5 heterocycles. The summed E-state index contributed by atoms with van der Waals surface area (Å²) >= 11 is 6.21. The third-order valence-electron chi connectivity index (χ3n) is 12.4. The van der Waals surface area contributed by atoms with Crippen molar-refractivity contribution in [2.24, 2.45) is 17.3 Å². The topological polar surface area (TPSA) is 175 Å². The molecule has 2 saturated carbocycles. The van der Waals surface area contributed by atoms with E-state index in [1.807, 2.05) is 12.2 Å². The van der Waals surface area contributed by atoms with Crippen molar-refractivity contribution in [2.45, 2.75) is 94.2 Å². The lowest BCUT2D eigenvalue weighted by Gasteiger charge is -2.29. The number of ether oxygens (including phenoxy) is 1. The first kappa shape index (κ1) is 41.9. The summed E-state index contributed by atoms with van der Waals surface area (Å²) in [7, 11) is -3.91. The molecule has 4 aliphatic rings. The molecule has 2 aliphatic heterocycles. The largest absolute Gasteiger partial charge is 0.470 e. The van der Waals surface area contributed by atoms with Gasteiger partial charge in [-0.05, 0) is 74.8 Å². The number of hydrogen-bond donors (Lipinski definition) is 1. The number of amides is 2. The minimum absolute atomic E-state index is 0.00905. The number of rotatable bonds is 8. The number of Topliss-reactive ketones (excluding diaryl/α,β-unsaturated/α-hetero) is 1. The standard InChI is InChI=1S/C44H42ClF3N6O7S/c45-35-18-19-49-36(50-35)20-26-8-4-2-1-3-5-9-28-22-43(28,42(57)53-62(58,59)30-16-17-30)23-33(55)32-21-29(24-54(32)41(26)56)60-40-38-37(31-10-6-7-11-34(31)61-38)51-39(52-40)25-12-14-27(15-13-25)44(46,47)48/h5-7,9-15,18-19,26,28-30,32H,1-4,8,16-17,20-24H2,(H,53,57)/b9-5-/t26-,28+,29-,32+,43-/m1/s1. The molecule has 13 nitrogen and oxygen atoms in total. The molecule has 9 rings (SSSR count). The Morgan fingerprint density at radius 2 is 1.79 bits per heavy atom. The van der Waals surface area contributed by atoms with E-state index in [4.69, 9.17) is 20.8 Å². The van der Waals surface area contributed by atoms with E-state index in [-0.39, 0.29) is 72.1 Å². The number of fused-ring (bicyclic) bond motifs is 5. The predicted molar refractivity (Wildman–Crippen MR) is 221 cm³/mol. The number of aromatic nitrogens is 4. The highest BCUT2D eigenvalue weighted by atomic mass is 35.5. The minimum Gasteiger partial charge on any atom is -0.470 e. The number of halogens is 4. The van der Waals surface area contributed by atoms with Crippen molar-refractivity contribution in [3.8, 4) is 17.3 Å². The summed E-state index contributed by atoms with van der Waals surface area (Å²) in [5, 5.41) is 0.186. The zero-order valence-corrected chi connectivity index (χ0v) is 34.9. The van der Waals surface area contributed by atoms with Gasteiger partial charge in [-0.1, -0.05) is 60.9 Å². The highest BCUT2D eigenvalue weighted by molar-refractivity contribution is 7.90. The predicted octanol–water partition coefficient (Wildman–Crippen LogP) is 7.81. The number of hydrogen-bond acceptors (Lipinski definition) is 11. The number of carbonyl (C=O) groups is 3. The number of allylic oxidation sites excluding steroid dienone is 2. The number of sulfonamides is 1. The van der Waals surface area contributed by atoms with Crippen LogP contribution >= 0.6 is 11.6 Å². The lowest BCUT2D eigenvalue weighted by atomic mass is 9.90. The van der Waals surface area contributed by atoms with E-state index in [9.17, 15) is 36.0 Å². The molecule has 5 aromatic rings. The fourth-order valence-electron chi connectivity index (χ4n) is 8.75.